The predicted octanol–water partition coefficient (Wildman–Crippen LogP) is 2.01. The summed E-state index contributed by atoms with van der Waals surface area (Å²) in [6, 6.07) is 6.81. The van der Waals surface area contributed by atoms with Crippen LogP contribution in [-0.2, 0) is 6.54 Å². The largest absolute Gasteiger partial charge is 0.329 e. The van der Waals surface area contributed by atoms with Crippen LogP contribution in [0.1, 0.15) is 30.4 Å². The van der Waals surface area contributed by atoms with Crippen LogP contribution in [0.5, 0.6) is 0 Å². The number of piperidine rings is 1. The lowest BCUT2D eigenvalue weighted by Crippen LogP contribution is -2.43. The summed E-state index contributed by atoms with van der Waals surface area (Å²) in [7, 11) is 0. The SMILES string of the molecule is N#Cc1ccc(F)cc1CN1CCCCC1CN. The topological polar surface area (TPSA) is 53.0 Å². The average molecular weight is 247 g/mol. The maximum atomic E-state index is 13.3. The number of halogens is 1. The first kappa shape index (κ1) is 13.0. The molecule has 96 valence electrons. The van der Waals surface area contributed by atoms with E-state index in [-0.39, 0.29) is 5.82 Å². The lowest BCUT2D eigenvalue weighted by Gasteiger charge is -2.35. The summed E-state index contributed by atoms with van der Waals surface area (Å²) in [6.45, 7) is 2.21. The van der Waals surface area contributed by atoms with E-state index in [1.807, 2.05) is 0 Å². The molecule has 0 spiro atoms. The van der Waals surface area contributed by atoms with E-state index in [4.69, 9.17) is 11.0 Å². The molecule has 4 heteroatoms. The van der Waals surface area contributed by atoms with Crippen LogP contribution >= 0.6 is 0 Å². The van der Waals surface area contributed by atoms with Gasteiger partial charge in [0.25, 0.3) is 0 Å². The highest BCUT2D eigenvalue weighted by molar-refractivity contribution is 5.37. The van der Waals surface area contributed by atoms with E-state index in [2.05, 4.69) is 11.0 Å². The van der Waals surface area contributed by atoms with Crippen molar-refractivity contribution in [3.05, 3.63) is 35.1 Å². The van der Waals surface area contributed by atoms with Crippen LogP contribution in [0.2, 0.25) is 0 Å². The van der Waals surface area contributed by atoms with Gasteiger partial charge in [-0.1, -0.05) is 6.42 Å². The monoisotopic (exact) mass is 247 g/mol. The van der Waals surface area contributed by atoms with Gasteiger partial charge < -0.3 is 5.73 Å². The Kier molecular flexibility index (Phi) is 4.29. The van der Waals surface area contributed by atoms with Crippen LogP contribution in [0.4, 0.5) is 4.39 Å². The Labute approximate surface area is 107 Å². The van der Waals surface area contributed by atoms with E-state index in [1.165, 1.54) is 18.6 Å². The van der Waals surface area contributed by atoms with Crippen molar-refractivity contribution >= 4 is 0 Å². The molecule has 1 unspecified atom stereocenters. The van der Waals surface area contributed by atoms with Gasteiger partial charge in [-0.2, -0.15) is 5.26 Å². The highest BCUT2D eigenvalue weighted by atomic mass is 19.1. The van der Waals surface area contributed by atoms with Gasteiger partial charge in [-0.3, -0.25) is 4.90 Å². The Balaban J connectivity index is 2.17. The summed E-state index contributed by atoms with van der Waals surface area (Å²) in [5, 5.41) is 9.05. The molecule has 1 saturated heterocycles. The van der Waals surface area contributed by atoms with Crippen LogP contribution in [0.3, 0.4) is 0 Å². The Bertz CT molecular complexity index is 453. The number of benzene rings is 1. The van der Waals surface area contributed by atoms with Gasteiger partial charge in [0.05, 0.1) is 11.6 Å². The molecule has 2 N–H and O–H groups in total. The Morgan fingerprint density at radius 1 is 1.44 bits per heavy atom. The molecule has 2 rings (SSSR count). The van der Waals surface area contributed by atoms with Crippen molar-refractivity contribution in [1.29, 1.82) is 5.26 Å². The molecular weight excluding hydrogens is 229 g/mol. The van der Waals surface area contributed by atoms with Crippen molar-refractivity contribution in [3.63, 3.8) is 0 Å². The number of rotatable bonds is 3. The zero-order valence-electron chi connectivity index (χ0n) is 10.4. The minimum Gasteiger partial charge on any atom is -0.329 e. The molecule has 0 aliphatic carbocycles. The number of nitriles is 1. The highest BCUT2D eigenvalue weighted by Crippen LogP contribution is 2.21. The van der Waals surface area contributed by atoms with Gasteiger partial charge in [0.2, 0.25) is 0 Å². The van der Waals surface area contributed by atoms with E-state index >= 15 is 0 Å². The van der Waals surface area contributed by atoms with Crippen molar-refractivity contribution < 1.29 is 4.39 Å². The second-order valence-corrected chi connectivity index (χ2v) is 4.77. The summed E-state index contributed by atoms with van der Waals surface area (Å²) in [4.78, 5) is 2.26. The second kappa shape index (κ2) is 5.94. The molecule has 1 aliphatic rings. The molecule has 18 heavy (non-hydrogen) atoms. The smallest absolute Gasteiger partial charge is 0.123 e. The van der Waals surface area contributed by atoms with Gasteiger partial charge in [0.1, 0.15) is 5.82 Å². The summed E-state index contributed by atoms with van der Waals surface area (Å²) < 4.78 is 13.3. The molecule has 0 amide bonds. The van der Waals surface area contributed by atoms with Gasteiger partial charge in [-0.15, -0.1) is 0 Å². The quantitative estimate of drug-likeness (QED) is 0.889. The Morgan fingerprint density at radius 2 is 2.28 bits per heavy atom. The number of hydrogen-bond acceptors (Lipinski definition) is 3. The standard InChI is InChI=1S/C14H18FN3/c15-13-5-4-11(8-16)12(7-13)10-18-6-2-1-3-14(18)9-17/h4-5,7,14H,1-3,6,9-10,17H2. The van der Waals surface area contributed by atoms with Crippen molar-refractivity contribution in [2.45, 2.75) is 31.8 Å². The van der Waals surface area contributed by atoms with Crippen molar-refractivity contribution in [2.75, 3.05) is 13.1 Å². The fourth-order valence-corrected chi connectivity index (χ4v) is 2.56. The summed E-state index contributed by atoms with van der Waals surface area (Å²) in [6.07, 6.45) is 3.44. The first-order valence-electron chi connectivity index (χ1n) is 6.37. The zero-order chi connectivity index (χ0) is 13.0. The molecule has 0 saturated carbocycles. The van der Waals surface area contributed by atoms with E-state index < -0.39 is 0 Å². The van der Waals surface area contributed by atoms with Gasteiger partial charge in [-0.05, 0) is 43.1 Å². The fourth-order valence-electron chi connectivity index (χ4n) is 2.56. The second-order valence-electron chi connectivity index (χ2n) is 4.77. The van der Waals surface area contributed by atoms with Gasteiger partial charge in [0.15, 0.2) is 0 Å². The first-order valence-corrected chi connectivity index (χ1v) is 6.37. The predicted molar refractivity (Wildman–Crippen MR) is 68.2 cm³/mol. The van der Waals surface area contributed by atoms with Crippen molar-refractivity contribution in [1.82, 2.24) is 4.90 Å². The molecular formula is C14H18FN3. The minimum atomic E-state index is -0.287. The average Bonchev–Trinajstić information content (AvgIpc) is 2.40. The molecule has 0 bridgehead atoms. The van der Waals surface area contributed by atoms with Crippen LogP contribution in [0.25, 0.3) is 0 Å². The molecule has 1 aromatic rings. The maximum Gasteiger partial charge on any atom is 0.123 e. The normalized spacial score (nSPS) is 20.6. The zero-order valence-corrected chi connectivity index (χ0v) is 10.4. The summed E-state index contributed by atoms with van der Waals surface area (Å²) >= 11 is 0. The van der Waals surface area contributed by atoms with Crippen LogP contribution in [0.15, 0.2) is 18.2 Å². The summed E-state index contributed by atoms with van der Waals surface area (Å²) in [5.41, 5.74) is 7.08. The molecule has 1 fully saturated rings. The lowest BCUT2D eigenvalue weighted by molar-refractivity contribution is 0.144. The number of hydrogen-bond donors (Lipinski definition) is 1. The Hall–Kier alpha value is -1.44. The first-order chi connectivity index (χ1) is 8.74. The third-order valence-corrected chi connectivity index (χ3v) is 3.58. The molecule has 0 aromatic heterocycles. The lowest BCUT2D eigenvalue weighted by atomic mass is 10.00. The number of likely N-dealkylation sites (tertiary alicyclic amines) is 1. The molecule has 1 atom stereocenters. The molecule has 1 aliphatic heterocycles. The molecule has 1 aromatic carbocycles. The van der Waals surface area contributed by atoms with E-state index in [0.717, 1.165) is 24.9 Å². The van der Waals surface area contributed by atoms with Gasteiger partial charge >= 0.3 is 0 Å². The van der Waals surface area contributed by atoms with Crippen molar-refractivity contribution in [3.8, 4) is 6.07 Å². The van der Waals surface area contributed by atoms with Crippen LogP contribution in [0, 0.1) is 17.1 Å². The molecule has 0 radical (unpaired) electrons. The number of nitrogens with two attached hydrogens (primary N) is 1. The van der Waals surface area contributed by atoms with Gasteiger partial charge in [-0.25, -0.2) is 4.39 Å². The minimum absolute atomic E-state index is 0.287. The van der Waals surface area contributed by atoms with Crippen molar-refractivity contribution in [2.24, 2.45) is 5.73 Å². The van der Waals surface area contributed by atoms with E-state index in [9.17, 15) is 4.39 Å². The third-order valence-electron chi connectivity index (χ3n) is 3.58. The highest BCUT2D eigenvalue weighted by Gasteiger charge is 2.21. The maximum absolute atomic E-state index is 13.3. The number of nitrogens with zero attached hydrogens (tertiary/aromatic N) is 2. The third kappa shape index (κ3) is 2.87. The van der Waals surface area contributed by atoms with E-state index in [0.29, 0.717) is 24.7 Å². The van der Waals surface area contributed by atoms with Crippen LogP contribution < -0.4 is 5.73 Å². The van der Waals surface area contributed by atoms with Gasteiger partial charge in [0, 0.05) is 19.1 Å². The molecule has 1 heterocycles. The van der Waals surface area contributed by atoms with Crippen LogP contribution in [-0.4, -0.2) is 24.0 Å². The summed E-state index contributed by atoms with van der Waals surface area (Å²) in [5.74, 6) is -0.287. The van der Waals surface area contributed by atoms with E-state index in [1.54, 1.807) is 6.07 Å². The Morgan fingerprint density at radius 3 is 3.00 bits per heavy atom. The fraction of sp³-hybridized carbons (Fsp3) is 0.500. The molecule has 3 nitrogen and oxygen atoms in total.